The Kier molecular flexibility index (Phi) is 7.32. The van der Waals surface area contributed by atoms with Crippen LogP contribution in [0, 0.1) is 34.5 Å². The molecular weight excluding hydrogens is 490 g/mol. The third kappa shape index (κ3) is 3.74. The van der Waals surface area contributed by atoms with Gasteiger partial charge in [-0.25, -0.2) is 8.78 Å². The molecule has 0 bridgehead atoms. The average molecular weight is 527 g/mol. The summed E-state index contributed by atoms with van der Waals surface area (Å²) in [6, 6.07) is 0. The highest BCUT2D eigenvalue weighted by molar-refractivity contribution is 6.29. The summed E-state index contributed by atoms with van der Waals surface area (Å²) in [5, 5.41) is 11.6. The van der Waals surface area contributed by atoms with E-state index in [1.807, 2.05) is 20.8 Å². The number of ether oxygens (including phenoxy) is 1. The fourth-order valence-corrected chi connectivity index (χ4v) is 8.67. The number of alkyl halides is 2. The number of aliphatic hydroxyl groups excluding tert-OH is 1. The number of fused-ring (bicyclic) bond motifs is 5. The van der Waals surface area contributed by atoms with E-state index in [4.69, 9.17) is 16.3 Å². The molecule has 4 aliphatic carbocycles. The number of carbonyl (C=O) groups excluding carboxylic acids is 3. The number of esters is 1. The minimum Gasteiger partial charge on any atom is -0.450 e. The van der Waals surface area contributed by atoms with Gasteiger partial charge in [-0.15, -0.1) is 11.6 Å². The van der Waals surface area contributed by atoms with E-state index in [9.17, 15) is 23.9 Å². The lowest BCUT2D eigenvalue weighted by Crippen LogP contribution is -2.64. The summed E-state index contributed by atoms with van der Waals surface area (Å²) in [6.07, 6.45) is 3.12. The van der Waals surface area contributed by atoms with Gasteiger partial charge in [0.15, 0.2) is 17.2 Å². The van der Waals surface area contributed by atoms with Crippen molar-refractivity contribution in [2.75, 3.05) is 5.88 Å². The van der Waals surface area contributed by atoms with E-state index in [0.29, 0.717) is 12.8 Å². The first kappa shape index (κ1) is 27.4. The van der Waals surface area contributed by atoms with E-state index in [-0.39, 0.29) is 42.6 Å². The van der Waals surface area contributed by atoms with Gasteiger partial charge in [0, 0.05) is 34.7 Å². The minimum absolute atomic E-state index is 0.0657. The zero-order chi connectivity index (χ0) is 26.6. The van der Waals surface area contributed by atoms with Crippen LogP contribution in [0.5, 0.6) is 0 Å². The van der Waals surface area contributed by atoms with Crippen molar-refractivity contribution in [3.63, 3.8) is 0 Å². The lowest BCUT2D eigenvalue weighted by molar-refractivity contribution is -0.204. The molecule has 0 unspecified atom stereocenters. The number of carbonyl (C=O) groups is 3. The molecule has 3 saturated carbocycles. The topological polar surface area (TPSA) is 80.7 Å². The van der Waals surface area contributed by atoms with Gasteiger partial charge >= 0.3 is 5.97 Å². The zero-order valence-electron chi connectivity index (χ0n) is 21.5. The fraction of sp³-hybridized carbons (Fsp3) is 0.750. The van der Waals surface area contributed by atoms with Crippen molar-refractivity contribution in [2.45, 2.75) is 90.5 Å². The molecule has 4 rings (SSSR count). The second-order valence-corrected chi connectivity index (χ2v) is 12.0. The Morgan fingerprint density at radius 2 is 1.94 bits per heavy atom. The van der Waals surface area contributed by atoms with Crippen molar-refractivity contribution in [1.29, 1.82) is 0 Å². The Bertz CT molecular complexity index is 1010. The van der Waals surface area contributed by atoms with Crippen LogP contribution in [0.2, 0.25) is 0 Å². The quantitative estimate of drug-likeness (QED) is 0.272. The maximum atomic E-state index is 15.6. The van der Waals surface area contributed by atoms with Crippen LogP contribution in [0.1, 0.15) is 72.6 Å². The Labute approximate surface area is 216 Å². The zero-order valence-corrected chi connectivity index (χ0v) is 22.2. The van der Waals surface area contributed by atoms with Crippen LogP contribution in [-0.4, -0.2) is 46.4 Å². The summed E-state index contributed by atoms with van der Waals surface area (Å²) in [5.74, 6) is -4.72. The summed E-state index contributed by atoms with van der Waals surface area (Å²) in [7, 11) is 0. The van der Waals surface area contributed by atoms with Crippen LogP contribution < -0.4 is 0 Å². The summed E-state index contributed by atoms with van der Waals surface area (Å²) < 4.78 is 36.6. The number of hydrogen-bond donors (Lipinski definition) is 1. The fourth-order valence-electron chi connectivity index (χ4n) is 8.47. The van der Waals surface area contributed by atoms with Crippen LogP contribution in [0.4, 0.5) is 8.78 Å². The van der Waals surface area contributed by atoms with Crippen molar-refractivity contribution in [3.8, 4) is 0 Å². The first-order valence-electron chi connectivity index (χ1n) is 13.2. The molecule has 200 valence electrons. The molecule has 0 heterocycles. The number of Topliss-reactive ketones (excluding diaryl/α,β-unsaturated/α-hetero) is 1. The van der Waals surface area contributed by atoms with Gasteiger partial charge in [0.2, 0.25) is 5.78 Å². The number of ketones is 2. The molecule has 9 atom stereocenters. The first-order valence-corrected chi connectivity index (χ1v) is 13.7. The van der Waals surface area contributed by atoms with Gasteiger partial charge in [0.25, 0.3) is 0 Å². The van der Waals surface area contributed by atoms with Crippen LogP contribution in [-0.2, 0) is 19.1 Å². The maximum absolute atomic E-state index is 15.6. The van der Waals surface area contributed by atoms with Crippen molar-refractivity contribution in [3.05, 3.63) is 23.6 Å². The molecule has 0 aromatic rings. The monoisotopic (exact) mass is 526 g/mol. The first-order chi connectivity index (χ1) is 16.9. The number of rotatable bonds is 7. The molecule has 5 nitrogen and oxygen atoms in total. The number of aliphatic hydroxyl groups is 1. The molecule has 0 spiro atoms. The molecule has 8 heteroatoms. The predicted octanol–water partition coefficient (Wildman–Crippen LogP) is 5.43. The third-order valence-corrected chi connectivity index (χ3v) is 10.1. The standard InChI is InChI=1S/C28H37ClF2O5/c1-5-6-7-8-22(35)36-28(21(34)14-29)15(2)11-17-16-12-18(30)24-25(31)19(32)9-10-26(24,3)23(16)20(33)13-27(17,28)4/h9-10,15-18,20,23,33H,5-8,11-14H2,1-4H3/t15-,16-,17-,18-,20-,23+,26+,27-,28+/m0/s1. The summed E-state index contributed by atoms with van der Waals surface area (Å²) >= 11 is 6.08. The average Bonchev–Trinajstić information content (AvgIpc) is 3.03. The number of halogens is 3. The molecule has 0 saturated heterocycles. The lowest BCUT2D eigenvalue weighted by atomic mass is 9.45. The Morgan fingerprint density at radius 3 is 2.58 bits per heavy atom. The molecule has 0 aliphatic heterocycles. The van der Waals surface area contributed by atoms with Crippen LogP contribution >= 0.6 is 11.6 Å². The molecule has 0 aromatic carbocycles. The lowest BCUT2D eigenvalue weighted by Gasteiger charge is -2.60. The number of unbranched alkanes of at least 4 members (excludes halogenated alkanes) is 2. The van der Waals surface area contributed by atoms with Gasteiger partial charge in [-0.3, -0.25) is 14.4 Å². The molecule has 1 N–H and O–H groups in total. The molecule has 3 fully saturated rings. The van der Waals surface area contributed by atoms with E-state index in [1.54, 1.807) is 6.92 Å². The van der Waals surface area contributed by atoms with E-state index in [0.717, 1.165) is 18.9 Å². The van der Waals surface area contributed by atoms with Gasteiger partial charge in [-0.2, -0.15) is 0 Å². The van der Waals surface area contributed by atoms with Gasteiger partial charge in [-0.1, -0.05) is 46.6 Å². The predicted molar refractivity (Wildman–Crippen MR) is 132 cm³/mol. The third-order valence-electron chi connectivity index (χ3n) is 9.89. The minimum atomic E-state index is -1.69. The van der Waals surface area contributed by atoms with Crippen molar-refractivity contribution < 1.29 is 33.0 Å². The van der Waals surface area contributed by atoms with Crippen molar-refractivity contribution in [1.82, 2.24) is 0 Å². The van der Waals surface area contributed by atoms with Gasteiger partial charge < -0.3 is 9.84 Å². The molecule has 36 heavy (non-hydrogen) atoms. The molecule has 0 radical (unpaired) electrons. The summed E-state index contributed by atoms with van der Waals surface area (Å²) in [5.41, 5.74) is -3.84. The highest BCUT2D eigenvalue weighted by Crippen LogP contribution is 2.69. The Morgan fingerprint density at radius 1 is 1.25 bits per heavy atom. The van der Waals surface area contributed by atoms with Crippen LogP contribution in [0.3, 0.4) is 0 Å². The van der Waals surface area contributed by atoms with Gasteiger partial charge in [0.05, 0.1) is 12.0 Å². The van der Waals surface area contributed by atoms with Crippen molar-refractivity contribution in [2.24, 2.45) is 34.5 Å². The van der Waals surface area contributed by atoms with E-state index in [2.05, 4.69) is 0 Å². The Hall–Kier alpha value is -1.60. The molecule has 4 aliphatic rings. The second kappa shape index (κ2) is 9.61. The number of hydrogen-bond acceptors (Lipinski definition) is 5. The Balaban J connectivity index is 1.76. The molecular formula is C28H37ClF2O5. The van der Waals surface area contributed by atoms with Crippen LogP contribution in [0.25, 0.3) is 0 Å². The molecule has 0 aromatic heterocycles. The van der Waals surface area contributed by atoms with Crippen LogP contribution in [0.15, 0.2) is 23.6 Å². The van der Waals surface area contributed by atoms with Gasteiger partial charge in [-0.05, 0) is 43.6 Å². The molecule has 0 amide bonds. The SMILES string of the molecule is CCCCCC(=O)O[C@@]1(C(=O)CCl)[C@@H](C)C[C@H]2[C@@H]3C[C@H](F)C4=C(F)C(=O)C=C[C@]4(C)[C@H]3[C@@H](O)C[C@@]21C. The number of allylic oxidation sites excluding steroid dienone is 4. The largest absolute Gasteiger partial charge is 0.450 e. The smallest absolute Gasteiger partial charge is 0.306 e. The summed E-state index contributed by atoms with van der Waals surface area (Å²) in [4.78, 5) is 38.5. The highest BCUT2D eigenvalue weighted by atomic mass is 35.5. The second-order valence-electron chi connectivity index (χ2n) is 11.8. The van der Waals surface area contributed by atoms with E-state index in [1.165, 1.54) is 6.08 Å². The van der Waals surface area contributed by atoms with E-state index < -0.39 is 63.9 Å². The summed E-state index contributed by atoms with van der Waals surface area (Å²) in [6.45, 7) is 7.42. The normalized spacial score (nSPS) is 43.6. The maximum Gasteiger partial charge on any atom is 0.306 e. The van der Waals surface area contributed by atoms with Crippen molar-refractivity contribution >= 4 is 29.1 Å². The van der Waals surface area contributed by atoms with Gasteiger partial charge in [0.1, 0.15) is 6.17 Å². The van der Waals surface area contributed by atoms with E-state index >= 15 is 4.39 Å². The highest BCUT2D eigenvalue weighted by Gasteiger charge is 2.73.